The zero-order valence-corrected chi connectivity index (χ0v) is 17.4. The monoisotopic (exact) mass is 419 g/mol. The molecule has 1 aliphatic heterocycles. The Morgan fingerprint density at radius 3 is 2.28 bits per heavy atom. The first kappa shape index (κ1) is 21.2. The summed E-state index contributed by atoms with van der Waals surface area (Å²) in [5, 5.41) is 0. The highest BCUT2D eigenvalue weighted by molar-refractivity contribution is 7.89. The van der Waals surface area contributed by atoms with Gasteiger partial charge in [0, 0.05) is 31.7 Å². The smallest absolute Gasteiger partial charge is 0.243 e. The number of likely N-dealkylation sites (N-methyl/N-ethyl adjacent to an activating group) is 1. The number of carbonyl (C=O) groups is 2. The number of nitrogens with zero attached hydrogens (tertiary/aromatic N) is 3. The number of hydrogen-bond acceptors (Lipinski definition) is 6. The van der Waals surface area contributed by atoms with Crippen molar-refractivity contribution in [2.75, 3.05) is 39.8 Å². The van der Waals surface area contributed by atoms with Gasteiger partial charge in [0.15, 0.2) is 5.78 Å². The van der Waals surface area contributed by atoms with Crippen LogP contribution in [0.5, 0.6) is 0 Å². The van der Waals surface area contributed by atoms with Gasteiger partial charge in [0.05, 0.1) is 24.2 Å². The first-order chi connectivity index (χ1) is 13.8. The molecule has 3 rings (SSSR count). The van der Waals surface area contributed by atoms with Crippen LogP contribution in [0.2, 0.25) is 0 Å². The van der Waals surface area contributed by atoms with Crippen molar-refractivity contribution in [2.45, 2.75) is 18.4 Å². The number of sulfonamides is 1. The molecule has 0 aliphatic carbocycles. The van der Waals surface area contributed by atoms with E-state index < -0.39 is 10.0 Å². The molecule has 1 aliphatic rings. The number of hydrogen-bond donors (Lipinski definition) is 0. The molecule has 1 aromatic carbocycles. The van der Waals surface area contributed by atoms with E-state index in [-0.39, 0.29) is 36.2 Å². The Morgan fingerprint density at radius 2 is 1.72 bits per heavy atom. The Morgan fingerprint density at radius 1 is 1.07 bits per heavy atom. The quantitative estimate of drug-likeness (QED) is 0.631. The highest BCUT2D eigenvalue weighted by Gasteiger charge is 2.30. The van der Waals surface area contributed by atoms with E-state index in [0.29, 0.717) is 25.2 Å². The fourth-order valence-corrected chi connectivity index (χ4v) is 4.67. The van der Waals surface area contributed by atoms with Gasteiger partial charge in [0.25, 0.3) is 0 Å². The van der Waals surface area contributed by atoms with Gasteiger partial charge in [-0.05, 0) is 38.2 Å². The maximum atomic E-state index is 12.8. The first-order valence-electron chi connectivity index (χ1n) is 9.37. The van der Waals surface area contributed by atoms with Crippen LogP contribution in [0.1, 0.15) is 23.0 Å². The summed E-state index contributed by atoms with van der Waals surface area (Å²) in [5.41, 5.74) is 0.470. The second-order valence-electron chi connectivity index (χ2n) is 7.12. The molecular weight excluding hydrogens is 394 g/mol. The molecule has 0 atom stereocenters. The summed E-state index contributed by atoms with van der Waals surface area (Å²) < 4.78 is 32.3. The molecule has 0 radical (unpaired) electrons. The van der Waals surface area contributed by atoms with Gasteiger partial charge in [-0.25, -0.2) is 8.42 Å². The number of ketones is 1. The number of piperazine rings is 1. The minimum Gasteiger partial charge on any atom is -0.468 e. The van der Waals surface area contributed by atoms with Crippen LogP contribution < -0.4 is 0 Å². The summed E-state index contributed by atoms with van der Waals surface area (Å²) in [6, 6.07) is 9.60. The van der Waals surface area contributed by atoms with Crippen molar-refractivity contribution in [1.29, 1.82) is 0 Å². The predicted molar refractivity (Wildman–Crippen MR) is 107 cm³/mol. The topological polar surface area (TPSA) is 91.1 Å². The third-order valence-electron chi connectivity index (χ3n) is 4.90. The molecule has 2 aromatic rings. The minimum atomic E-state index is -3.65. The molecule has 0 N–H and O–H groups in total. The molecule has 0 spiro atoms. The highest BCUT2D eigenvalue weighted by Crippen LogP contribution is 2.19. The van der Waals surface area contributed by atoms with E-state index in [1.54, 1.807) is 17.2 Å². The largest absolute Gasteiger partial charge is 0.468 e. The van der Waals surface area contributed by atoms with Crippen molar-refractivity contribution in [2.24, 2.45) is 0 Å². The van der Waals surface area contributed by atoms with E-state index in [9.17, 15) is 18.0 Å². The maximum absolute atomic E-state index is 12.8. The Hall–Kier alpha value is -2.49. The summed E-state index contributed by atoms with van der Waals surface area (Å²) in [4.78, 5) is 27.6. The van der Waals surface area contributed by atoms with Crippen molar-refractivity contribution in [3.05, 3.63) is 54.0 Å². The molecule has 0 saturated carbocycles. The fourth-order valence-electron chi connectivity index (χ4n) is 3.24. The SMILES string of the molecule is CC(=O)c1ccc(S(=O)(=O)N2CCN(C(=O)CN(C)Cc3ccco3)CC2)cc1. The van der Waals surface area contributed by atoms with Crippen LogP contribution in [0, 0.1) is 0 Å². The number of furan rings is 1. The van der Waals surface area contributed by atoms with Gasteiger partial charge >= 0.3 is 0 Å². The average Bonchev–Trinajstić information content (AvgIpc) is 3.21. The fraction of sp³-hybridized carbons (Fsp3) is 0.400. The van der Waals surface area contributed by atoms with E-state index in [1.807, 2.05) is 18.0 Å². The van der Waals surface area contributed by atoms with Gasteiger partial charge in [0.2, 0.25) is 15.9 Å². The molecule has 1 aromatic heterocycles. The third-order valence-corrected chi connectivity index (χ3v) is 6.81. The molecule has 0 unspecified atom stereocenters. The van der Waals surface area contributed by atoms with Crippen LogP contribution in [0.3, 0.4) is 0 Å². The molecule has 156 valence electrons. The van der Waals surface area contributed by atoms with E-state index in [1.165, 1.54) is 35.5 Å². The molecule has 2 heterocycles. The van der Waals surface area contributed by atoms with Crippen molar-refractivity contribution in [3.63, 3.8) is 0 Å². The number of rotatable bonds is 7. The highest BCUT2D eigenvalue weighted by atomic mass is 32.2. The lowest BCUT2D eigenvalue weighted by molar-refractivity contribution is -0.133. The number of benzene rings is 1. The van der Waals surface area contributed by atoms with Crippen molar-refractivity contribution in [1.82, 2.24) is 14.1 Å². The van der Waals surface area contributed by atoms with Gasteiger partial charge in [-0.3, -0.25) is 14.5 Å². The van der Waals surface area contributed by atoms with Gasteiger partial charge < -0.3 is 9.32 Å². The Bertz CT molecular complexity index is 947. The second-order valence-corrected chi connectivity index (χ2v) is 9.06. The minimum absolute atomic E-state index is 0.0399. The van der Waals surface area contributed by atoms with Crippen molar-refractivity contribution in [3.8, 4) is 0 Å². The molecule has 29 heavy (non-hydrogen) atoms. The number of Topliss-reactive ketones (excluding diaryl/α,β-unsaturated/α-hetero) is 1. The van der Waals surface area contributed by atoms with Crippen molar-refractivity contribution >= 4 is 21.7 Å². The molecule has 9 heteroatoms. The molecule has 1 saturated heterocycles. The number of amides is 1. The van der Waals surface area contributed by atoms with E-state index >= 15 is 0 Å². The first-order valence-corrected chi connectivity index (χ1v) is 10.8. The molecule has 1 amide bonds. The summed E-state index contributed by atoms with van der Waals surface area (Å²) in [7, 11) is -1.81. The van der Waals surface area contributed by atoms with Gasteiger partial charge in [-0.15, -0.1) is 0 Å². The molecule has 8 nitrogen and oxygen atoms in total. The van der Waals surface area contributed by atoms with Gasteiger partial charge in [-0.1, -0.05) is 12.1 Å². The van der Waals surface area contributed by atoms with Crippen LogP contribution >= 0.6 is 0 Å². The van der Waals surface area contributed by atoms with Crippen LogP contribution in [0.25, 0.3) is 0 Å². The Kier molecular flexibility index (Phi) is 6.51. The third kappa shape index (κ3) is 5.11. The molecule has 1 fully saturated rings. The normalized spacial score (nSPS) is 15.6. The van der Waals surface area contributed by atoms with E-state index in [4.69, 9.17) is 4.42 Å². The lowest BCUT2D eigenvalue weighted by atomic mass is 10.2. The zero-order chi connectivity index (χ0) is 21.0. The van der Waals surface area contributed by atoms with Crippen LogP contribution in [-0.2, 0) is 21.4 Å². The lowest BCUT2D eigenvalue weighted by Gasteiger charge is -2.34. The van der Waals surface area contributed by atoms with Crippen LogP contribution in [0.15, 0.2) is 52.0 Å². The molecule has 0 bridgehead atoms. The van der Waals surface area contributed by atoms with Crippen LogP contribution in [-0.4, -0.2) is 74.0 Å². The van der Waals surface area contributed by atoms with Crippen molar-refractivity contribution < 1.29 is 22.4 Å². The Labute approximate surface area is 170 Å². The maximum Gasteiger partial charge on any atom is 0.243 e. The summed E-state index contributed by atoms with van der Waals surface area (Å²) >= 11 is 0. The van der Waals surface area contributed by atoms with Gasteiger partial charge in [-0.2, -0.15) is 4.31 Å². The summed E-state index contributed by atoms with van der Waals surface area (Å²) in [5.74, 6) is 0.631. The second kappa shape index (κ2) is 8.89. The molecular formula is C20H25N3O5S. The lowest BCUT2D eigenvalue weighted by Crippen LogP contribution is -2.52. The van der Waals surface area contributed by atoms with Crippen LogP contribution in [0.4, 0.5) is 0 Å². The number of carbonyl (C=O) groups excluding carboxylic acids is 2. The van der Waals surface area contributed by atoms with E-state index in [2.05, 4.69) is 0 Å². The van der Waals surface area contributed by atoms with E-state index in [0.717, 1.165) is 5.76 Å². The Balaban J connectivity index is 1.55. The summed E-state index contributed by atoms with van der Waals surface area (Å²) in [6.45, 7) is 3.38. The van der Waals surface area contributed by atoms with Gasteiger partial charge in [0.1, 0.15) is 5.76 Å². The summed E-state index contributed by atoms with van der Waals surface area (Å²) in [6.07, 6.45) is 1.60. The average molecular weight is 420 g/mol. The zero-order valence-electron chi connectivity index (χ0n) is 16.6. The predicted octanol–water partition coefficient (Wildman–Crippen LogP) is 1.45. The standard InChI is InChI=1S/C20H25N3O5S/c1-16(24)17-5-7-19(8-6-17)29(26,27)23-11-9-22(10-12-23)20(25)15-21(2)14-18-4-3-13-28-18/h3-8,13H,9-12,14-15H2,1-2H3.